The third-order valence-corrected chi connectivity index (χ3v) is 4.79. The minimum absolute atomic E-state index is 0.0621. The number of carboxylic acid groups (broad SMARTS) is 1. The molecule has 106 valence electrons. The smallest absolute Gasteiger partial charge is 0.336 e. The lowest BCUT2D eigenvalue weighted by atomic mass is 10.1. The Morgan fingerprint density at radius 1 is 1.10 bits per heavy atom. The number of benzene rings is 1. The van der Waals surface area contributed by atoms with Crippen molar-refractivity contribution >= 4 is 63.0 Å². The highest BCUT2D eigenvalue weighted by Crippen LogP contribution is 2.36. The molecule has 3 aromatic rings. The number of hydrogen-bond acceptors (Lipinski definition) is 3. The second kappa shape index (κ2) is 5.46. The molecule has 1 aromatic carbocycles. The fourth-order valence-corrected chi connectivity index (χ4v) is 3.47. The maximum atomic E-state index is 11.5. The maximum Gasteiger partial charge on any atom is 0.336 e. The first-order valence-electron chi connectivity index (χ1n) is 5.75. The zero-order chi connectivity index (χ0) is 15.1. The molecule has 0 amide bonds. The first-order valence-corrected chi connectivity index (χ1v) is 7.70. The van der Waals surface area contributed by atoms with Crippen LogP contribution in [0.4, 0.5) is 0 Å². The number of aromatic nitrogens is 1. The number of carbonyl (C=O) groups is 1. The van der Waals surface area contributed by atoms with E-state index >= 15 is 0 Å². The summed E-state index contributed by atoms with van der Waals surface area (Å²) in [6.45, 7) is 0. The van der Waals surface area contributed by atoms with E-state index in [1.54, 1.807) is 24.3 Å². The number of pyridine rings is 1. The molecule has 0 aliphatic carbocycles. The predicted octanol–water partition coefficient (Wildman–Crippen LogP) is 5.62. The first kappa shape index (κ1) is 14.6. The van der Waals surface area contributed by atoms with Crippen LogP contribution < -0.4 is 0 Å². The van der Waals surface area contributed by atoms with Gasteiger partial charge in [-0.05, 0) is 30.3 Å². The van der Waals surface area contributed by atoms with Gasteiger partial charge in [-0.25, -0.2) is 9.78 Å². The van der Waals surface area contributed by atoms with Gasteiger partial charge in [0.25, 0.3) is 0 Å². The molecule has 0 fully saturated rings. The molecule has 2 heterocycles. The maximum absolute atomic E-state index is 11.5. The van der Waals surface area contributed by atoms with Crippen LogP contribution in [0.5, 0.6) is 0 Å². The van der Waals surface area contributed by atoms with Gasteiger partial charge >= 0.3 is 5.97 Å². The summed E-state index contributed by atoms with van der Waals surface area (Å²) in [6, 6.07) is 8.14. The Morgan fingerprint density at radius 3 is 2.43 bits per heavy atom. The lowest BCUT2D eigenvalue weighted by molar-refractivity contribution is 0.0699. The molecule has 0 unspecified atom stereocenters. The molecule has 0 radical (unpaired) electrons. The van der Waals surface area contributed by atoms with Crippen molar-refractivity contribution in [2.24, 2.45) is 0 Å². The Bertz CT molecular complexity index is 876. The molecule has 3 nitrogen and oxygen atoms in total. The molecule has 21 heavy (non-hydrogen) atoms. The summed E-state index contributed by atoms with van der Waals surface area (Å²) in [5.74, 6) is -1.09. The van der Waals surface area contributed by atoms with E-state index in [-0.39, 0.29) is 5.56 Å². The zero-order valence-corrected chi connectivity index (χ0v) is 13.3. The van der Waals surface area contributed by atoms with Crippen molar-refractivity contribution in [2.75, 3.05) is 0 Å². The van der Waals surface area contributed by atoms with Crippen molar-refractivity contribution < 1.29 is 9.90 Å². The van der Waals surface area contributed by atoms with Gasteiger partial charge in [0.15, 0.2) is 0 Å². The summed E-state index contributed by atoms with van der Waals surface area (Å²) in [5, 5.41) is 10.4. The summed E-state index contributed by atoms with van der Waals surface area (Å²) in [4.78, 5) is 16.7. The van der Waals surface area contributed by atoms with Crippen LogP contribution >= 0.6 is 46.1 Å². The minimum Gasteiger partial charge on any atom is -0.478 e. The number of carboxylic acids is 1. The van der Waals surface area contributed by atoms with Crippen LogP contribution in [0.1, 0.15) is 10.4 Å². The van der Waals surface area contributed by atoms with Crippen LogP contribution in [0.2, 0.25) is 14.4 Å². The molecule has 1 N–H and O–H groups in total. The zero-order valence-electron chi connectivity index (χ0n) is 10.2. The molecule has 0 spiro atoms. The molecule has 7 heteroatoms. The summed E-state index contributed by atoms with van der Waals surface area (Å²) in [5.41, 5.74) is 0.927. The van der Waals surface area contributed by atoms with E-state index < -0.39 is 5.97 Å². The highest BCUT2D eigenvalue weighted by molar-refractivity contribution is 7.19. The number of halogens is 3. The number of nitrogens with zero attached hydrogens (tertiary/aromatic N) is 1. The number of hydrogen-bond donors (Lipinski definition) is 1. The fourth-order valence-electron chi connectivity index (χ4n) is 2.02. The van der Waals surface area contributed by atoms with Gasteiger partial charge < -0.3 is 5.11 Å². The third kappa shape index (κ3) is 2.60. The Balaban J connectivity index is 2.40. The van der Waals surface area contributed by atoms with Crippen molar-refractivity contribution in [1.29, 1.82) is 0 Å². The molecular formula is C14H6Cl3NO2S. The van der Waals surface area contributed by atoms with Crippen LogP contribution in [-0.2, 0) is 0 Å². The average Bonchev–Trinajstić information content (AvgIpc) is 2.88. The summed E-state index contributed by atoms with van der Waals surface area (Å²) >= 11 is 19.5. The SMILES string of the molecule is O=C(O)c1cc(-c2ccc(Cl)s2)nc2c(Cl)ccc(Cl)c12. The molecule has 2 aromatic heterocycles. The third-order valence-electron chi connectivity index (χ3n) is 2.92. The summed E-state index contributed by atoms with van der Waals surface area (Å²) in [7, 11) is 0. The monoisotopic (exact) mass is 357 g/mol. The molecule has 0 bridgehead atoms. The molecular weight excluding hydrogens is 353 g/mol. The Hall–Kier alpha value is -1.33. The first-order chi connectivity index (χ1) is 9.97. The topological polar surface area (TPSA) is 50.2 Å². The fraction of sp³-hybridized carbons (Fsp3) is 0. The van der Waals surface area contributed by atoms with Crippen LogP contribution in [-0.4, -0.2) is 16.1 Å². The Kier molecular flexibility index (Phi) is 3.80. The number of thiophene rings is 1. The van der Waals surface area contributed by atoms with Crippen LogP contribution in [0.25, 0.3) is 21.5 Å². The van der Waals surface area contributed by atoms with Crippen molar-refractivity contribution in [2.45, 2.75) is 0 Å². The predicted molar refractivity (Wildman–Crippen MR) is 87.0 cm³/mol. The van der Waals surface area contributed by atoms with E-state index in [1.807, 2.05) is 0 Å². The molecule has 0 atom stereocenters. The number of aromatic carboxylic acids is 1. The van der Waals surface area contributed by atoms with Gasteiger partial charge in [0.05, 0.1) is 36.0 Å². The summed E-state index contributed by atoms with van der Waals surface area (Å²) in [6.07, 6.45) is 0. The van der Waals surface area contributed by atoms with Gasteiger partial charge in [-0.1, -0.05) is 34.8 Å². The number of rotatable bonds is 2. The van der Waals surface area contributed by atoms with Gasteiger partial charge in [0.2, 0.25) is 0 Å². The van der Waals surface area contributed by atoms with Gasteiger partial charge in [-0.15, -0.1) is 11.3 Å². The van der Waals surface area contributed by atoms with Gasteiger partial charge in [0, 0.05) is 5.39 Å². The van der Waals surface area contributed by atoms with Crippen molar-refractivity contribution in [3.8, 4) is 10.6 Å². The van der Waals surface area contributed by atoms with Gasteiger partial charge in [-0.3, -0.25) is 0 Å². The van der Waals surface area contributed by atoms with E-state index in [0.717, 1.165) is 4.88 Å². The summed E-state index contributed by atoms with van der Waals surface area (Å²) < 4.78 is 0.598. The van der Waals surface area contributed by atoms with E-state index in [2.05, 4.69) is 4.98 Å². The van der Waals surface area contributed by atoms with E-state index in [9.17, 15) is 9.90 Å². The highest BCUT2D eigenvalue weighted by atomic mass is 35.5. The average molecular weight is 359 g/mol. The highest BCUT2D eigenvalue weighted by Gasteiger charge is 2.18. The standard InChI is InChI=1S/C14H6Cl3NO2S/c15-7-1-2-8(16)13-12(7)6(14(19)20)5-9(18-13)10-3-4-11(17)21-10/h1-5H,(H,19,20). The van der Waals surface area contributed by atoms with E-state index in [4.69, 9.17) is 34.8 Å². The number of fused-ring (bicyclic) bond motifs is 1. The van der Waals surface area contributed by atoms with Crippen LogP contribution in [0.3, 0.4) is 0 Å². The lowest BCUT2D eigenvalue weighted by Gasteiger charge is -2.08. The van der Waals surface area contributed by atoms with Gasteiger partial charge in [0.1, 0.15) is 0 Å². The second-order valence-electron chi connectivity index (χ2n) is 4.22. The Labute approximate surface area is 138 Å². The van der Waals surface area contributed by atoms with E-state index in [1.165, 1.54) is 17.4 Å². The molecule has 0 saturated carbocycles. The van der Waals surface area contributed by atoms with E-state index in [0.29, 0.717) is 31.0 Å². The van der Waals surface area contributed by atoms with Crippen LogP contribution in [0, 0.1) is 0 Å². The largest absolute Gasteiger partial charge is 0.478 e. The second-order valence-corrected chi connectivity index (χ2v) is 6.75. The van der Waals surface area contributed by atoms with Gasteiger partial charge in [-0.2, -0.15) is 0 Å². The normalized spacial score (nSPS) is 11.0. The quantitative estimate of drug-likeness (QED) is 0.646. The van der Waals surface area contributed by atoms with Crippen LogP contribution in [0.15, 0.2) is 30.3 Å². The molecule has 0 aliphatic heterocycles. The van der Waals surface area contributed by atoms with Crippen molar-refractivity contribution in [3.05, 3.63) is 50.3 Å². The Morgan fingerprint density at radius 2 is 1.81 bits per heavy atom. The van der Waals surface area contributed by atoms with Crippen molar-refractivity contribution in [1.82, 2.24) is 4.98 Å². The minimum atomic E-state index is -1.09. The lowest BCUT2D eigenvalue weighted by Crippen LogP contribution is -2.00. The molecule has 0 saturated heterocycles. The van der Waals surface area contributed by atoms with Crippen molar-refractivity contribution in [3.63, 3.8) is 0 Å². The molecule has 0 aliphatic rings. The molecule has 3 rings (SSSR count).